The number of carboxylic acid groups (broad SMARTS) is 1. The Balaban J connectivity index is -0.000000155. The SMILES string of the molecule is CC(=O)O.CC(C)O.CCOC(=O)CI. The van der Waals surface area contributed by atoms with Crippen LogP contribution in [0, 0.1) is 0 Å². The molecule has 0 spiro atoms. The molecular formula is C9H19IO5. The topological polar surface area (TPSA) is 83.8 Å². The average Bonchev–Trinajstić information content (AvgIpc) is 2.02. The average molecular weight is 334 g/mol. The van der Waals surface area contributed by atoms with Crippen LogP contribution in [0.2, 0.25) is 0 Å². The first kappa shape index (κ1) is 20.1. The maximum absolute atomic E-state index is 10.2. The lowest BCUT2D eigenvalue weighted by Gasteiger charge is -1.93. The molecule has 0 aromatic carbocycles. The molecule has 0 heterocycles. The van der Waals surface area contributed by atoms with Gasteiger partial charge in [-0.1, -0.05) is 22.6 Å². The van der Waals surface area contributed by atoms with E-state index in [9.17, 15) is 4.79 Å². The van der Waals surface area contributed by atoms with E-state index in [4.69, 9.17) is 15.0 Å². The number of aliphatic hydroxyl groups excluding tert-OH is 1. The Morgan fingerprint density at radius 2 is 1.67 bits per heavy atom. The third-order valence-corrected chi connectivity index (χ3v) is 1.04. The predicted molar refractivity (Wildman–Crippen MR) is 66.2 cm³/mol. The summed E-state index contributed by atoms with van der Waals surface area (Å²) in [6, 6.07) is 0. The number of alkyl halides is 1. The molecule has 0 saturated heterocycles. The molecule has 0 fully saturated rings. The molecule has 0 radical (unpaired) electrons. The van der Waals surface area contributed by atoms with Gasteiger partial charge in [0, 0.05) is 13.0 Å². The van der Waals surface area contributed by atoms with E-state index >= 15 is 0 Å². The molecule has 0 atom stereocenters. The standard InChI is InChI=1S/C4H7IO2.C3H8O.C2H4O2/c1-2-7-4(6)3-5;1-3(2)4;1-2(3)4/h2-3H2,1H3;3-4H,1-2H3;1H3,(H,3,4). The fraction of sp³-hybridized carbons (Fsp3) is 0.778. The summed E-state index contributed by atoms with van der Waals surface area (Å²) in [6.07, 6.45) is -0.167. The second-order valence-corrected chi connectivity index (χ2v) is 3.31. The summed E-state index contributed by atoms with van der Waals surface area (Å²) in [4.78, 5) is 19.2. The molecule has 0 amide bonds. The Morgan fingerprint density at radius 1 is 1.40 bits per heavy atom. The van der Waals surface area contributed by atoms with Crippen LogP contribution in [0.15, 0.2) is 0 Å². The second-order valence-electron chi connectivity index (χ2n) is 2.55. The maximum atomic E-state index is 10.2. The van der Waals surface area contributed by atoms with Gasteiger partial charge in [0.2, 0.25) is 0 Å². The molecule has 0 aromatic rings. The highest BCUT2D eigenvalue weighted by molar-refractivity contribution is 14.1. The molecule has 0 aliphatic carbocycles. The quantitative estimate of drug-likeness (QED) is 0.454. The van der Waals surface area contributed by atoms with Crippen molar-refractivity contribution in [3.05, 3.63) is 0 Å². The maximum Gasteiger partial charge on any atom is 0.315 e. The van der Waals surface area contributed by atoms with Crippen molar-refractivity contribution in [1.82, 2.24) is 0 Å². The molecule has 92 valence electrons. The molecule has 0 saturated carbocycles. The number of carbonyl (C=O) groups excluding carboxylic acids is 1. The largest absolute Gasteiger partial charge is 0.481 e. The number of aliphatic carboxylic acids is 1. The third-order valence-electron chi connectivity index (χ3n) is 0.414. The number of esters is 1. The van der Waals surface area contributed by atoms with E-state index in [1.54, 1.807) is 20.8 Å². The van der Waals surface area contributed by atoms with Gasteiger partial charge in [-0.2, -0.15) is 0 Å². The second kappa shape index (κ2) is 16.1. The van der Waals surface area contributed by atoms with E-state index in [0.717, 1.165) is 6.92 Å². The summed E-state index contributed by atoms with van der Waals surface area (Å²) >= 11 is 1.96. The molecule has 0 aromatic heterocycles. The van der Waals surface area contributed by atoms with Crippen LogP contribution in [0.5, 0.6) is 0 Å². The molecule has 0 aliphatic heterocycles. The number of hydrogen-bond acceptors (Lipinski definition) is 4. The molecule has 6 heteroatoms. The van der Waals surface area contributed by atoms with Crippen molar-refractivity contribution in [2.75, 3.05) is 11.0 Å². The zero-order valence-corrected chi connectivity index (χ0v) is 11.6. The first-order chi connectivity index (χ1) is 6.77. The van der Waals surface area contributed by atoms with Crippen molar-refractivity contribution >= 4 is 34.5 Å². The van der Waals surface area contributed by atoms with Crippen molar-refractivity contribution in [3.8, 4) is 0 Å². The van der Waals surface area contributed by atoms with E-state index in [1.165, 1.54) is 0 Å². The number of ether oxygens (including phenoxy) is 1. The van der Waals surface area contributed by atoms with E-state index in [2.05, 4.69) is 4.74 Å². The Kier molecular flexibility index (Phi) is 21.5. The van der Waals surface area contributed by atoms with Gasteiger partial charge >= 0.3 is 5.97 Å². The summed E-state index contributed by atoms with van der Waals surface area (Å²) in [5.74, 6) is -0.969. The zero-order valence-electron chi connectivity index (χ0n) is 9.49. The Morgan fingerprint density at radius 3 is 1.73 bits per heavy atom. The van der Waals surface area contributed by atoms with Gasteiger partial charge in [0.25, 0.3) is 5.97 Å². The van der Waals surface area contributed by atoms with Crippen molar-refractivity contribution < 1.29 is 24.5 Å². The number of carbonyl (C=O) groups is 2. The molecule has 5 nitrogen and oxygen atoms in total. The van der Waals surface area contributed by atoms with Crippen molar-refractivity contribution in [2.24, 2.45) is 0 Å². The van der Waals surface area contributed by atoms with E-state index in [-0.39, 0.29) is 12.1 Å². The van der Waals surface area contributed by atoms with Gasteiger partial charge in [0.1, 0.15) is 0 Å². The van der Waals surface area contributed by atoms with Crippen LogP contribution in [-0.4, -0.2) is 39.3 Å². The molecule has 0 unspecified atom stereocenters. The van der Waals surface area contributed by atoms with Gasteiger partial charge in [0.05, 0.1) is 11.0 Å². The molecule has 15 heavy (non-hydrogen) atoms. The fourth-order valence-electron chi connectivity index (χ4n) is 0.200. The minimum Gasteiger partial charge on any atom is -0.481 e. The lowest BCUT2D eigenvalue weighted by atomic mass is 10.5. The lowest BCUT2D eigenvalue weighted by Crippen LogP contribution is -2.03. The normalized spacial score (nSPS) is 7.93. The summed E-state index contributed by atoms with van der Waals surface area (Å²) in [5, 5.41) is 15.5. The number of halogens is 1. The van der Waals surface area contributed by atoms with Crippen LogP contribution < -0.4 is 0 Å². The Labute approximate surface area is 104 Å². The van der Waals surface area contributed by atoms with E-state index in [0.29, 0.717) is 11.0 Å². The minimum absolute atomic E-state index is 0.136. The van der Waals surface area contributed by atoms with Crippen molar-refractivity contribution in [3.63, 3.8) is 0 Å². The first-order valence-corrected chi connectivity index (χ1v) is 5.89. The van der Waals surface area contributed by atoms with Crippen molar-refractivity contribution in [1.29, 1.82) is 0 Å². The molecular weight excluding hydrogens is 315 g/mol. The summed E-state index contributed by atoms with van der Waals surface area (Å²) in [7, 11) is 0. The van der Waals surface area contributed by atoms with Crippen LogP contribution in [0.1, 0.15) is 27.7 Å². The van der Waals surface area contributed by atoms with E-state index < -0.39 is 5.97 Å². The van der Waals surface area contributed by atoms with Gasteiger partial charge in [-0.05, 0) is 20.8 Å². The van der Waals surface area contributed by atoms with Gasteiger partial charge in [-0.3, -0.25) is 9.59 Å². The van der Waals surface area contributed by atoms with Crippen LogP contribution in [0.25, 0.3) is 0 Å². The Hall–Kier alpha value is -0.370. The third kappa shape index (κ3) is 86.0. The highest BCUT2D eigenvalue weighted by Gasteiger charge is 1.92. The van der Waals surface area contributed by atoms with Crippen LogP contribution in [0.3, 0.4) is 0 Å². The van der Waals surface area contributed by atoms with Gasteiger partial charge in [-0.15, -0.1) is 0 Å². The summed E-state index contributed by atoms with van der Waals surface area (Å²) in [5.41, 5.74) is 0. The van der Waals surface area contributed by atoms with Gasteiger partial charge in [-0.25, -0.2) is 0 Å². The smallest absolute Gasteiger partial charge is 0.315 e. The van der Waals surface area contributed by atoms with Crippen molar-refractivity contribution in [2.45, 2.75) is 33.8 Å². The first-order valence-electron chi connectivity index (χ1n) is 4.37. The minimum atomic E-state index is -0.833. The van der Waals surface area contributed by atoms with Gasteiger partial charge < -0.3 is 14.9 Å². The highest BCUT2D eigenvalue weighted by Crippen LogP contribution is 1.83. The zero-order chi connectivity index (χ0) is 12.9. The predicted octanol–water partition coefficient (Wildman–Crippen LogP) is 1.46. The molecule has 0 aliphatic rings. The number of rotatable bonds is 2. The Bertz CT molecular complexity index is 152. The number of aliphatic hydroxyl groups is 1. The van der Waals surface area contributed by atoms with Gasteiger partial charge in [0.15, 0.2) is 0 Å². The molecule has 2 N–H and O–H groups in total. The summed E-state index contributed by atoms with van der Waals surface area (Å²) in [6.45, 7) is 6.81. The monoisotopic (exact) mass is 334 g/mol. The van der Waals surface area contributed by atoms with Crippen LogP contribution in [0.4, 0.5) is 0 Å². The summed E-state index contributed by atoms with van der Waals surface area (Å²) < 4.78 is 4.99. The molecule has 0 bridgehead atoms. The lowest BCUT2D eigenvalue weighted by molar-refractivity contribution is -0.139. The van der Waals surface area contributed by atoms with Crippen LogP contribution in [-0.2, 0) is 14.3 Å². The molecule has 0 rings (SSSR count). The highest BCUT2D eigenvalue weighted by atomic mass is 127. The fourth-order valence-corrected chi connectivity index (χ4v) is 0.420. The number of carboxylic acids is 1. The van der Waals surface area contributed by atoms with Crippen LogP contribution >= 0.6 is 22.6 Å². The van der Waals surface area contributed by atoms with E-state index in [1.807, 2.05) is 22.6 Å². The number of hydrogen-bond donors (Lipinski definition) is 2.